The number of nitrogens with one attached hydrogen (secondary N) is 1. The van der Waals surface area contributed by atoms with Crippen molar-refractivity contribution in [1.82, 2.24) is 0 Å². The smallest absolute Gasteiger partial charge is 0.263 e. The quantitative estimate of drug-likeness (QED) is 0.878. The van der Waals surface area contributed by atoms with Crippen molar-refractivity contribution in [3.8, 4) is 0 Å². The van der Waals surface area contributed by atoms with Crippen molar-refractivity contribution in [3.63, 3.8) is 0 Å². The van der Waals surface area contributed by atoms with Crippen LogP contribution in [-0.4, -0.2) is 18.4 Å². The Bertz CT molecular complexity index is 665. The fraction of sp³-hybridized carbons (Fsp3) is 0.0769. The van der Waals surface area contributed by atoms with Gasteiger partial charge in [0.2, 0.25) is 5.91 Å². The first-order valence-corrected chi connectivity index (χ1v) is 6.40. The summed E-state index contributed by atoms with van der Waals surface area (Å²) < 4.78 is 5.42. The van der Waals surface area contributed by atoms with Gasteiger partial charge in [0, 0.05) is 0 Å². The van der Waals surface area contributed by atoms with Crippen LogP contribution in [0.25, 0.3) is 0 Å². The van der Waals surface area contributed by atoms with E-state index in [-0.39, 0.29) is 18.4 Å². The van der Waals surface area contributed by atoms with Gasteiger partial charge < -0.3 is 9.73 Å². The van der Waals surface area contributed by atoms with Gasteiger partial charge in [-0.2, -0.15) is 0 Å². The number of anilines is 2. The first kappa shape index (κ1) is 12.0. The van der Waals surface area contributed by atoms with Gasteiger partial charge in [-0.1, -0.05) is 12.1 Å². The number of amides is 2. The number of furan rings is 1. The first-order valence-electron chi connectivity index (χ1n) is 5.60. The summed E-state index contributed by atoms with van der Waals surface area (Å²) in [5.41, 5.74) is 1.71. The van der Waals surface area contributed by atoms with Crippen LogP contribution in [0.3, 0.4) is 0 Å². The van der Waals surface area contributed by atoms with Crippen LogP contribution in [0.1, 0.15) is 10.4 Å². The van der Waals surface area contributed by atoms with Crippen molar-refractivity contribution >= 4 is 39.1 Å². The van der Waals surface area contributed by atoms with E-state index < -0.39 is 0 Å². The Labute approximate surface area is 117 Å². The molecule has 6 heteroatoms. The van der Waals surface area contributed by atoms with Crippen molar-refractivity contribution < 1.29 is 14.0 Å². The average Bonchev–Trinajstić information content (AvgIpc) is 2.83. The molecule has 0 unspecified atom stereocenters. The van der Waals surface area contributed by atoms with Gasteiger partial charge in [-0.3, -0.25) is 14.5 Å². The van der Waals surface area contributed by atoms with Gasteiger partial charge in [-0.25, -0.2) is 0 Å². The zero-order valence-corrected chi connectivity index (χ0v) is 11.3. The van der Waals surface area contributed by atoms with Crippen molar-refractivity contribution in [2.45, 2.75) is 0 Å². The second-order valence-corrected chi connectivity index (χ2v) is 4.78. The molecule has 96 valence electrons. The van der Waals surface area contributed by atoms with Crippen molar-refractivity contribution in [2.24, 2.45) is 0 Å². The molecule has 0 spiro atoms. The predicted molar refractivity (Wildman–Crippen MR) is 73.2 cm³/mol. The predicted octanol–water partition coefficient (Wildman–Crippen LogP) is 2.64. The maximum Gasteiger partial charge on any atom is 0.263 e. The number of fused-ring (bicyclic) bond motifs is 1. The Morgan fingerprint density at radius 3 is 2.84 bits per heavy atom. The van der Waals surface area contributed by atoms with Gasteiger partial charge in [0.1, 0.15) is 6.54 Å². The number of carbonyl (C=O) groups is 2. The summed E-state index contributed by atoms with van der Waals surface area (Å²) in [6.45, 7) is -0.00648. The van der Waals surface area contributed by atoms with Gasteiger partial charge in [0.25, 0.3) is 5.91 Å². The standard InChI is InChI=1S/C13H9BrN2O3/c14-12-8(5-6-19-12)13(18)16-7-11(17)15-9-3-1-2-4-10(9)16/h1-6H,7H2,(H,15,17). The lowest BCUT2D eigenvalue weighted by molar-refractivity contribution is -0.115. The lowest BCUT2D eigenvalue weighted by Gasteiger charge is -2.28. The fourth-order valence-corrected chi connectivity index (χ4v) is 2.42. The Kier molecular flexibility index (Phi) is 2.87. The molecule has 1 aliphatic heterocycles. The molecule has 1 aromatic heterocycles. The van der Waals surface area contributed by atoms with E-state index in [9.17, 15) is 9.59 Å². The molecule has 1 N–H and O–H groups in total. The summed E-state index contributed by atoms with van der Waals surface area (Å²) in [5, 5.41) is 2.74. The van der Waals surface area contributed by atoms with Gasteiger partial charge in [-0.15, -0.1) is 0 Å². The second kappa shape index (κ2) is 4.55. The van der Waals surface area contributed by atoms with Crippen LogP contribution in [0.4, 0.5) is 11.4 Å². The van der Waals surface area contributed by atoms with E-state index in [1.54, 1.807) is 24.3 Å². The minimum atomic E-state index is -0.275. The van der Waals surface area contributed by atoms with Crippen LogP contribution in [0, 0.1) is 0 Å². The zero-order chi connectivity index (χ0) is 13.4. The van der Waals surface area contributed by atoms with E-state index in [0.717, 1.165) is 0 Å². The highest BCUT2D eigenvalue weighted by Crippen LogP contribution is 2.31. The highest BCUT2D eigenvalue weighted by atomic mass is 79.9. The van der Waals surface area contributed by atoms with E-state index in [1.165, 1.54) is 11.2 Å². The summed E-state index contributed by atoms with van der Waals surface area (Å²) in [4.78, 5) is 25.5. The molecule has 0 atom stereocenters. The summed E-state index contributed by atoms with van der Waals surface area (Å²) >= 11 is 3.17. The number of para-hydroxylation sites is 2. The molecule has 0 bridgehead atoms. The molecule has 19 heavy (non-hydrogen) atoms. The van der Waals surface area contributed by atoms with Gasteiger partial charge >= 0.3 is 0 Å². The molecule has 2 aromatic rings. The third-order valence-corrected chi connectivity index (χ3v) is 3.48. The Morgan fingerprint density at radius 2 is 2.11 bits per heavy atom. The number of rotatable bonds is 1. The molecule has 0 saturated heterocycles. The molecule has 0 aliphatic carbocycles. The van der Waals surface area contributed by atoms with Crippen LogP contribution < -0.4 is 10.2 Å². The fourth-order valence-electron chi connectivity index (χ4n) is 2.01. The largest absolute Gasteiger partial charge is 0.457 e. The molecular weight excluding hydrogens is 312 g/mol. The lowest BCUT2D eigenvalue weighted by atomic mass is 10.1. The number of hydrogen-bond donors (Lipinski definition) is 1. The number of carbonyl (C=O) groups excluding carboxylic acids is 2. The van der Waals surface area contributed by atoms with Crippen molar-refractivity contribution in [3.05, 3.63) is 46.8 Å². The van der Waals surface area contributed by atoms with Gasteiger partial charge in [-0.05, 0) is 34.1 Å². The number of halogens is 1. The van der Waals surface area contributed by atoms with E-state index in [2.05, 4.69) is 21.2 Å². The third kappa shape index (κ3) is 2.04. The van der Waals surface area contributed by atoms with Crippen LogP contribution in [0.2, 0.25) is 0 Å². The van der Waals surface area contributed by atoms with Crippen LogP contribution in [-0.2, 0) is 4.79 Å². The van der Waals surface area contributed by atoms with Crippen LogP contribution in [0.15, 0.2) is 45.7 Å². The zero-order valence-electron chi connectivity index (χ0n) is 9.72. The van der Waals surface area contributed by atoms with Crippen LogP contribution >= 0.6 is 15.9 Å². The van der Waals surface area contributed by atoms with E-state index in [1.807, 2.05) is 6.07 Å². The molecule has 2 heterocycles. The summed E-state index contributed by atoms with van der Waals surface area (Å²) in [6, 6.07) is 8.75. The summed E-state index contributed by atoms with van der Waals surface area (Å²) in [7, 11) is 0. The van der Waals surface area contributed by atoms with Crippen molar-refractivity contribution in [2.75, 3.05) is 16.8 Å². The molecule has 3 rings (SSSR count). The molecule has 5 nitrogen and oxygen atoms in total. The van der Waals surface area contributed by atoms with E-state index in [4.69, 9.17) is 4.42 Å². The normalized spacial score (nSPS) is 13.9. The van der Waals surface area contributed by atoms with E-state index in [0.29, 0.717) is 21.6 Å². The molecule has 1 aromatic carbocycles. The van der Waals surface area contributed by atoms with Crippen molar-refractivity contribution in [1.29, 1.82) is 0 Å². The number of hydrogen-bond acceptors (Lipinski definition) is 3. The number of nitrogens with zero attached hydrogens (tertiary/aromatic N) is 1. The van der Waals surface area contributed by atoms with E-state index >= 15 is 0 Å². The highest BCUT2D eigenvalue weighted by molar-refractivity contribution is 9.10. The first-order chi connectivity index (χ1) is 9.16. The Morgan fingerprint density at radius 1 is 1.32 bits per heavy atom. The molecule has 0 fully saturated rings. The molecule has 0 radical (unpaired) electrons. The average molecular weight is 321 g/mol. The SMILES string of the molecule is O=C1CN(C(=O)c2ccoc2Br)c2ccccc2N1. The summed E-state index contributed by atoms with van der Waals surface area (Å²) in [5.74, 6) is -0.491. The molecule has 0 saturated carbocycles. The summed E-state index contributed by atoms with van der Waals surface area (Å²) in [6.07, 6.45) is 1.42. The van der Waals surface area contributed by atoms with Gasteiger partial charge in [0.05, 0.1) is 23.2 Å². The molecule has 2 amide bonds. The second-order valence-electron chi connectivity index (χ2n) is 4.06. The third-order valence-electron chi connectivity index (χ3n) is 2.86. The minimum absolute atomic E-state index is 0.00648. The monoisotopic (exact) mass is 320 g/mol. The van der Waals surface area contributed by atoms with Gasteiger partial charge in [0.15, 0.2) is 4.67 Å². The Hall–Kier alpha value is -2.08. The lowest BCUT2D eigenvalue weighted by Crippen LogP contribution is -2.42. The molecule has 1 aliphatic rings. The maximum absolute atomic E-state index is 12.4. The Balaban J connectivity index is 2.04. The molecular formula is C13H9BrN2O3. The topological polar surface area (TPSA) is 62.6 Å². The highest BCUT2D eigenvalue weighted by Gasteiger charge is 2.29. The minimum Gasteiger partial charge on any atom is -0.457 e. The number of benzene rings is 1. The van der Waals surface area contributed by atoms with Crippen LogP contribution in [0.5, 0.6) is 0 Å². The maximum atomic E-state index is 12.4.